The highest BCUT2D eigenvalue weighted by atomic mass is 32.1. The van der Waals surface area contributed by atoms with Crippen LogP contribution in [-0.4, -0.2) is 4.98 Å². The van der Waals surface area contributed by atoms with Crippen LogP contribution in [0, 0.1) is 0 Å². The average molecular weight is 203 g/mol. The third-order valence-corrected chi connectivity index (χ3v) is 3.89. The van der Waals surface area contributed by atoms with Gasteiger partial charge in [0.15, 0.2) is 0 Å². The first-order valence-corrected chi connectivity index (χ1v) is 6.17. The van der Waals surface area contributed by atoms with Gasteiger partial charge in [-0.2, -0.15) is 0 Å². The fourth-order valence-corrected chi connectivity index (χ4v) is 3.09. The molecule has 2 heterocycles. The lowest BCUT2D eigenvalue weighted by Crippen LogP contribution is -1.92. The van der Waals surface area contributed by atoms with Crippen LogP contribution < -0.4 is 0 Å². The maximum atomic E-state index is 4.51. The van der Waals surface area contributed by atoms with E-state index in [1.165, 1.54) is 47.9 Å². The van der Waals surface area contributed by atoms with Crippen LogP contribution in [0.1, 0.15) is 30.4 Å². The number of thiophene rings is 1. The van der Waals surface area contributed by atoms with Gasteiger partial charge in [0.1, 0.15) is 4.83 Å². The van der Waals surface area contributed by atoms with Crippen LogP contribution in [-0.2, 0) is 12.8 Å². The number of nitrogens with zero attached hydrogens (tertiary/aromatic N) is 1. The molecule has 2 aromatic heterocycles. The first kappa shape index (κ1) is 8.42. The van der Waals surface area contributed by atoms with Crippen molar-refractivity contribution in [2.24, 2.45) is 0 Å². The summed E-state index contributed by atoms with van der Waals surface area (Å²) in [7, 11) is 0. The molecule has 1 aliphatic rings. The van der Waals surface area contributed by atoms with Gasteiger partial charge in [-0.15, -0.1) is 11.3 Å². The third kappa shape index (κ3) is 1.25. The fraction of sp³-hybridized carbons (Fsp3) is 0.417. The number of aromatic nitrogens is 1. The molecule has 0 saturated heterocycles. The summed E-state index contributed by atoms with van der Waals surface area (Å²) in [4.78, 5) is 5.73. The Hall–Kier alpha value is -0.890. The van der Waals surface area contributed by atoms with Gasteiger partial charge in [0.2, 0.25) is 0 Å². The van der Waals surface area contributed by atoms with E-state index in [1.54, 1.807) is 16.9 Å². The van der Waals surface area contributed by atoms with Crippen LogP contribution in [0.5, 0.6) is 0 Å². The second kappa shape index (κ2) is 3.35. The first-order valence-electron chi connectivity index (χ1n) is 5.29. The highest BCUT2D eigenvalue weighted by Gasteiger charge is 2.12. The lowest BCUT2D eigenvalue weighted by molar-refractivity contribution is 0.712. The van der Waals surface area contributed by atoms with Crippen LogP contribution in [0.2, 0.25) is 0 Å². The molecule has 0 N–H and O–H groups in total. The Morgan fingerprint density at radius 1 is 1.14 bits per heavy atom. The van der Waals surface area contributed by atoms with E-state index >= 15 is 0 Å². The van der Waals surface area contributed by atoms with E-state index < -0.39 is 0 Å². The van der Waals surface area contributed by atoms with E-state index in [4.69, 9.17) is 0 Å². The quantitative estimate of drug-likeness (QED) is 0.596. The van der Waals surface area contributed by atoms with Crippen molar-refractivity contribution in [2.75, 3.05) is 0 Å². The summed E-state index contributed by atoms with van der Waals surface area (Å²) >= 11 is 1.76. The maximum absolute atomic E-state index is 4.51. The molecule has 0 aromatic carbocycles. The first-order chi connectivity index (χ1) is 6.95. The third-order valence-electron chi connectivity index (χ3n) is 3.07. The monoisotopic (exact) mass is 203 g/mol. The number of rotatable bonds is 0. The van der Waals surface area contributed by atoms with Gasteiger partial charge < -0.3 is 0 Å². The Morgan fingerprint density at radius 2 is 2.07 bits per heavy atom. The van der Waals surface area contributed by atoms with Gasteiger partial charge in [0.25, 0.3) is 0 Å². The number of fused-ring (bicyclic) bond motifs is 3. The zero-order chi connectivity index (χ0) is 9.38. The average Bonchev–Trinajstić information content (AvgIpc) is 2.55. The van der Waals surface area contributed by atoms with Crippen LogP contribution in [0.25, 0.3) is 10.2 Å². The maximum Gasteiger partial charge on any atom is 0.123 e. The van der Waals surface area contributed by atoms with Crippen LogP contribution in [0.15, 0.2) is 17.6 Å². The van der Waals surface area contributed by atoms with Crippen molar-refractivity contribution >= 4 is 21.6 Å². The summed E-state index contributed by atoms with van der Waals surface area (Å²) in [6.45, 7) is 0. The number of hydrogen-bond acceptors (Lipinski definition) is 2. The van der Waals surface area contributed by atoms with Gasteiger partial charge in [0, 0.05) is 11.6 Å². The minimum absolute atomic E-state index is 1.21. The lowest BCUT2D eigenvalue weighted by atomic mass is 10.0. The standard InChI is InChI=1S/C12H13NS/c1-2-4-9-8-13-12-11(6-7-14-12)10(9)5-3-1/h6-8H,1-5H2. The molecule has 0 saturated carbocycles. The van der Waals surface area contributed by atoms with Crippen molar-refractivity contribution < 1.29 is 0 Å². The second-order valence-corrected chi connectivity index (χ2v) is 4.86. The van der Waals surface area contributed by atoms with Gasteiger partial charge in [-0.1, -0.05) is 6.42 Å². The normalized spacial score (nSPS) is 16.6. The van der Waals surface area contributed by atoms with Gasteiger partial charge in [0.05, 0.1) is 0 Å². The molecule has 14 heavy (non-hydrogen) atoms. The molecule has 0 atom stereocenters. The number of pyridine rings is 1. The van der Waals surface area contributed by atoms with Crippen molar-refractivity contribution in [2.45, 2.75) is 32.1 Å². The molecule has 0 spiro atoms. The topological polar surface area (TPSA) is 12.9 Å². The number of aryl methyl sites for hydroxylation is 2. The Morgan fingerprint density at radius 3 is 3.07 bits per heavy atom. The van der Waals surface area contributed by atoms with E-state index in [0.29, 0.717) is 0 Å². The highest BCUT2D eigenvalue weighted by molar-refractivity contribution is 7.16. The Balaban J connectivity index is 2.26. The molecular weight excluding hydrogens is 190 g/mol. The molecule has 2 aromatic rings. The van der Waals surface area contributed by atoms with Crippen molar-refractivity contribution in [1.29, 1.82) is 0 Å². The Bertz CT molecular complexity index is 458. The lowest BCUT2D eigenvalue weighted by Gasteiger charge is -2.05. The molecule has 1 nitrogen and oxygen atoms in total. The Kier molecular flexibility index (Phi) is 2.02. The molecular formula is C12H13NS. The van der Waals surface area contributed by atoms with E-state index in [-0.39, 0.29) is 0 Å². The van der Waals surface area contributed by atoms with Gasteiger partial charge in [-0.05, 0) is 48.3 Å². The van der Waals surface area contributed by atoms with Crippen LogP contribution in [0.4, 0.5) is 0 Å². The minimum atomic E-state index is 1.21. The zero-order valence-corrected chi connectivity index (χ0v) is 8.94. The van der Waals surface area contributed by atoms with Gasteiger partial charge in [-0.25, -0.2) is 4.98 Å². The molecule has 0 radical (unpaired) electrons. The summed E-state index contributed by atoms with van der Waals surface area (Å²) in [5.41, 5.74) is 3.07. The van der Waals surface area contributed by atoms with Crippen LogP contribution >= 0.6 is 11.3 Å². The largest absolute Gasteiger partial charge is 0.245 e. The molecule has 3 rings (SSSR count). The molecule has 0 bridgehead atoms. The smallest absolute Gasteiger partial charge is 0.123 e. The highest BCUT2D eigenvalue weighted by Crippen LogP contribution is 2.29. The molecule has 0 unspecified atom stereocenters. The predicted octanol–water partition coefficient (Wildman–Crippen LogP) is 3.57. The van der Waals surface area contributed by atoms with E-state index in [0.717, 1.165) is 0 Å². The SMILES string of the molecule is c1cc2c3c(cnc2s1)CCCCC3. The summed E-state index contributed by atoms with van der Waals surface area (Å²) in [6.07, 6.45) is 8.64. The minimum Gasteiger partial charge on any atom is -0.245 e. The van der Waals surface area contributed by atoms with Crippen LogP contribution in [0.3, 0.4) is 0 Å². The van der Waals surface area contributed by atoms with E-state index in [2.05, 4.69) is 22.6 Å². The van der Waals surface area contributed by atoms with Crippen molar-refractivity contribution in [1.82, 2.24) is 4.98 Å². The Labute approximate surface area is 87.8 Å². The second-order valence-electron chi connectivity index (χ2n) is 3.96. The molecule has 2 heteroatoms. The summed E-state index contributed by atoms with van der Waals surface area (Å²) in [6, 6.07) is 2.23. The van der Waals surface area contributed by atoms with Crippen molar-refractivity contribution in [3.05, 3.63) is 28.8 Å². The molecule has 0 fully saturated rings. The molecule has 72 valence electrons. The molecule has 0 aliphatic heterocycles. The van der Waals surface area contributed by atoms with Gasteiger partial charge >= 0.3 is 0 Å². The fourth-order valence-electron chi connectivity index (χ4n) is 2.32. The molecule has 1 aliphatic carbocycles. The van der Waals surface area contributed by atoms with Crippen molar-refractivity contribution in [3.8, 4) is 0 Å². The molecule has 0 amide bonds. The van der Waals surface area contributed by atoms with E-state index in [9.17, 15) is 0 Å². The summed E-state index contributed by atoms with van der Waals surface area (Å²) < 4.78 is 0. The predicted molar refractivity (Wildman–Crippen MR) is 60.9 cm³/mol. The van der Waals surface area contributed by atoms with Crippen molar-refractivity contribution in [3.63, 3.8) is 0 Å². The summed E-state index contributed by atoms with van der Waals surface area (Å²) in [5, 5.41) is 3.57. The summed E-state index contributed by atoms with van der Waals surface area (Å²) in [5.74, 6) is 0. The number of hydrogen-bond donors (Lipinski definition) is 0. The van der Waals surface area contributed by atoms with Gasteiger partial charge in [-0.3, -0.25) is 0 Å². The van der Waals surface area contributed by atoms with E-state index in [1.807, 2.05) is 0 Å². The zero-order valence-electron chi connectivity index (χ0n) is 8.12.